The minimum absolute atomic E-state index is 0.0123. The summed E-state index contributed by atoms with van der Waals surface area (Å²) in [5.41, 5.74) is 0.649. The van der Waals surface area contributed by atoms with Gasteiger partial charge < -0.3 is 10.6 Å². The van der Waals surface area contributed by atoms with Crippen molar-refractivity contribution in [1.82, 2.24) is 9.97 Å². The number of anilines is 3. The third kappa shape index (κ3) is 2.99. The lowest BCUT2D eigenvalue weighted by atomic mass is 10.1. The predicted octanol–water partition coefficient (Wildman–Crippen LogP) is 2.90. The highest BCUT2D eigenvalue weighted by molar-refractivity contribution is 8.25. The number of carbonyl (C=O) groups excluding carboxylic acids is 1. The summed E-state index contributed by atoms with van der Waals surface area (Å²) in [7, 11) is -1.05. The Morgan fingerprint density at radius 2 is 2.08 bits per heavy atom. The number of carbonyl (C=O) groups is 1. The van der Waals surface area contributed by atoms with Gasteiger partial charge in [-0.15, -0.1) is 10.8 Å². The molecule has 2 aromatic heterocycles. The molecule has 1 amide bonds. The quantitative estimate of drug-likeness (QED) is 0.661. The molecule has 0 bridgehead atoms. The molecule has 4 N–H and O–H groups in total. The Bertz CT molecular complexity index is 840. The summed E-state index contributed by atoms with van der Waals surface area (Å²) in [4.78, 5) is 20.7. The van der Waals surface area contributed by atoms with Crippen LogP contribution in [0.1, 0.15) is 19.3 Å². The molecule has 134 valence electrons. The summed E-state index contributed by atoms with van der Waals surface area (Å²) in [6.45, 7) is 0.560. The lowest BCUT2D eigenvalue weighted by Gasteiger charge is -2.38. The maximum atomic E-state index is 12.0. The van der Waals surface area contributed by atoms with Gasteiger partial charge in [0, 0.05) is 36.5 Å². The van der Waals surface area contributed by atoms with E-state index in [1.165, 1.54) is 0 Å². The number of fused-ring (bicyclic) bond motifs is 1. The Morgan fingerprint density at radius 3 is 2.72 bits per heavy atom. The van der Waals surface area contributed by atoms with Crippen molar-refractivity contribution in [2.24, 2.45) is 5.92 Å². The highest BCUT2D eigenvalue weighted by Gasteiger charge is 2.32. The average molecular weight is 363 g/mol. The van der Waals surface area contributed by atoms with Gasteiger partial charge in [0.15, 0.2) is 0 Å². The molecule has 2 aliphatic rings. The summed E-state index contributed by atoms with van der Waals surface area (Å²) in [6, 6.07) is 1.78. The number of hydrogen-bond acceptors (Lipinski definition) is 7. The van der Waals surface area contributed by atoms with Gasteiger partial charge in [-0.05, 0) is 25.3 Å². The van der Waals surface area contributed by atoms with E-state index in [-0.39, 0.29) is 11.8 Å². The Labute approximate surface area is 147 Å². The van der Waals surface area contributed by atoms with Crippen LogP contribution in [-0.4, -0.2) is 44.3 Å². The number of rotatable bonds is 4. The highest BCUT2D eigenvalue weighted by atomic mass is 32.3. The van der Waals surface area contributed by atoms with Crippen LogP contribution >= 0.6 is 10.8 Å². The molecule has 3 heterocycles. The summed E-state index contributed by atoms with van der Waals surface area (Å²) < 4.78 is 22.3. The lowest BCUT2D eigenvalue weighted by Crippen LogP contribution is -2.22. The maximum Gasteiger partial charge on any atom is 0.228 e. The van der Waals surface area contributed by atoms with E-state index in [2.05, 4.69) is 20.6 Å². The van der Waals surface area contributed by atoms with Gasteiger partial charge in [-0.3, -0.25) is 18.2 Å². The van der Waals surface area contributed by atoms with E-state index in [9.17, 15) is 13.9 Å². The third-order valence-corrected chi connectivity index (χ3v) is 6.51. The van der Waals surface area contributed by atoms with Crippen molar-refractivity contribution in [2.45, 2.75) is 19.3 Å². The molecule has 4 rings (SSSR count). The molecule has 1 aliphatic carbocycles. The molecule has 0 aromatic carbocycles. The molecule has 25 heavy (non-hydrogen) atoms. The fourth-order valence-corrected chi connectivity index (χ4v) is 4.72. The van der Waals surface area contributed by atoms with Crippen LogP contribution in [0.15, 0.2) is 18.5 Å². The molecule has 2 aromatic rings. The van der Waals surface area contributed by atoms with Gasteiger partial charge in [-0.25, -0.2) is 9.97 Å². The first-order chi connectivity index (χ1) is 12.0. The Morgan fingerprint density at radius 1 is 1.28 bits per heavy atom. The molecule has 1 saturated carbocycles. The van der Waals surface area contributed by atoms with Crippen LogP contribution < -0.4 is 14.9 Å². The minimum Gasteiger partial charge on any atom is -0.373 e. The molecule has 2 fully saturated rings. The molecule has 0 spiro atoms. The fraction of sp³-hybridized carbons (Fsp3) is 0.438. The number of nitrogens with zero attached hydrogens (tertiary/aromatic N) is 3. The van der Waals surface area contributed by atoms with Crippen molar-refractivity contribution in [3.63, 3.8) is 0 Å². The first-order valence-electron chi connectivity index (χ1n) is 8.30. The van der Waals surface area contributed by atoms with E-state index in [1.807, 2.05) is 0 Å². The van der Waals surface area contributed by atoms with Gasteiger partial charge in [0.2, 0.25) is 5.91 Å². The molecular weight excluding hydrogens is 342 g/mol. The number of amides is 1. The second-order valence-corrected chi connectivity index (χ2v) is 8.53. The third-order valence-electron chi connectivity index (χ3n) is 4.59. The summed E-state index contributed by atoms with van der Waals surface area (Å²) >= 11 is 0. The zero-order chi connectivity index (χ0) is 17.6. The number of aromatic nitrogens is 2. The molecule has 8 nitrogen and oxygen atoms in total. The minimum atomic E-state index is -2.83. The monoisotopic (exact) mass is 363 g/mol. The average Bonchev–Trinajstić information content (AvgIpc) is 3.38. The van der Waals surface area contributed by atoms with E-state index < -0.39 is 10.8 Å². The van der Waals surface area contributed by atoms with E-state index in [1.54, 1.807) is 29.8 Å². The standard InChI is InChI=1S/C16H21N5O3S/c1-17-15-12-8-18-14(20-16(22)10-3-4-10)7-11(12)13(9-19-15)21-5-2-6-25(21,23)24/h7-10,23-24H,2-6H2,1H3,(H,17,19)(H,18,20,22). The normalized spacial score (nSPS) is 20.5. The van der Waals surface area contributed by atoms with E-state index in [4.69, 9.17) is 0 Å². The van der Waals surface area contributed by atoms with Gasteiger partial charge >= 0.3 is 0 Å². The van der Waals surface area contributed by atoms with Crippen molar-refractivity contribution in [2.75, 3.05) is 34.3 Å². The van der Waals surface area contributed by atoms with Crippen LogP contribution in [-0.2, 0) is 4.79 Å². The Hall–Kier alpha value is -2.10. The van der Waals surface area contributed by atoms with Crippen molar-refractivity contribution in [3.8, 4) is 0 Å². The maximum absolute atomic E-state index is 12.0. The van der Waals surface area contributed by atoms with Crippen LogP contribution in [0.5, 0.6) is 0 Å². The van der Waals surface area contributed by atoms with E-state index >= 15 is 0 Å². The van der Waals surface area contributed by atoms with Crippen LogP contribution in [0.25, 0.3) is 10.8 Å². The van der Waals surface area contributed by atoms with Gasteiger partial charge in [-0.1, -0.05) is 0 Å². The largest absolute Gasteiger partial charge is 0.373 e. The first kappa shape index (κ1) is 16.4. The summed E-state index contributed by atoms with van der Waals surface area (Å²) in [5.74, 6) is 1.56. The molecule has 1 aliphatic heterocycles. The van der Waals surface area contributed by atoms with Gasteiger partial charge in [0.1, 0.15) is 11.6 Å². The number of pyridine rings is 2. The molecular formula is C16H21N5O3S. The Balaban J connectivity index is 1.79. The molecule has 0 atom stereocenters. The molecule has 1 saturated heterocycles. The fourth-order valence-electron chi connectivity index (χ4n) is 3.10. The first-order valence-corrected chi connectivity index (χ1v) is 9.98. The predicted molar refractivity (Wildman–Crippen MR) is 100 cm³/mol. The zero-order valence-electron chi connectivity index (χ0n) is 13.9. The van der Waals surface area contributed by atoms with Gasteiger partial charge in [0.25, 0.3) is 0 Å². The SMILES string of the molecule is CNc1ncc(N2CCCS2(O)O)c2cc(NC(=O)C3CC3)ncc12. The van der Waals surface area contributed by atoms with Crippen molar-refractivity contribution in [1.29, 1.82) is 0 Å². The second kappa shape index (κ2) is 6.01. The van der Waals surface area contributed by atoms with Crippen LogP contribution in [0.4, 0.5) is 17.3 Å². The molecule has 9 heteroatoms. The Kier molecular flexibility index (Phi) is 3.94. The topological polar surface area (TPSA) is 111 Å². The van der Waals surface area contributed by atoms with Crippen LogP contribution in [0, 0.1) is 5.92 Å². The summed E-state index contributed by atoms with van der Waals surface area (Å²) in [5, 5.41) is 7.42. The van der Waals surface area contributed by atoms with E-state index in [0.29, 0.717) is 36.0 Å². The van der Waals surface area contributed by atoms with E-state index in [0.717, 1.165) is 23.6 Å². The smallest absolute Gasteiger partial charge is 0.228 e. The van der Waals surface area contributed by atoms with Crippen LogP contribution in [0.3, 0.4) is 0 Å². The van der Waals surface area contributed by atoms with Crippen molar-refractivity contribution in [3.05, 3.63) is 18.5 Å². The zero-order valence-corrected chi connectivity index (χ0v) is 14.7. The number of nitrogens with one attached hydrogen (secondary N) is 2. The highest BCUT2D eigenvalue weighted by Crippen LogP contribution is 2.52. The van der Waals surface area contributed by atoms with Crippen molar-refractivity contribution >= 4 is 44.8 Å². The molecule has 0 unspecified atom stereocenters. The second-order valence-electron chi connectivity index (χ2n) is 6.41. The van der Waals surface area contributed by atoms with Gasteiger partial charge in [0.05, 0.1) is 17.6 Å². The van der Waals surface area contributed by atoms with Crippen molar-refractivity contribution < 1.29 is 13.9 Å². The van der Waals surface area contributed by atoms with Gasteiger partial charge in [-0.2, -0.15) is 0 Å². The summed E-state index contributed by atoms with van der Waals surface area (Å²) in [6.07, 6.45) is 5.86. The lowest BCUT2D eigenvalue weighted by molar-refractivity contribution is -0.117. The van der Waals surface area contributed by atoms with Crippen LogP contribution in [0.2, 0.25) is 0 Å². The number of hydrogen-bond donors (Lipinski definition) is 4. The molecule has 0 radical (unpaired) electrons.